The molecule has 2 nitrogen and oxygen atoms in total. The van der Waals surface area contributed by atoms with E-state index in [4.69, 9.17) is 5.73 Å². The van der Waals surface area contributed by atoms with Crippen LogP contribution >= 0.6 is 0 Å². The highest BCUT2D eigenvalue weighted by Crippen LogP contribution is 2.21. The van der Waals surface area contributed by atoms with Gasteiger partial charge < -0.3 is 11.1 Å². The Bertz CT molecular complexity index is 332. The molecule has 0 aromatic heterocycles. The van der Waals surface area contributed by atoms with E-state index in [1.165, 1.54) is 25.0 Å². The van der Waals surface area contributed by atoms with Crippen LogP contribution in [0.1, 0.15) is 18.4 Å². The number of nitrogens with two attached hydrogens (primary N) is 1. The molecular weight excluding hydrogens is 191 g/mol. The molecule has 15 heavy (non-hydrogen) atoms. The molecule has 0 radical (unpaired) electrons. The maximum absolute atomic E-state index is 12.8. The molecule has 1 atom stereocenters. The zero-order valence-electron chi connectivity index (χ0n) is 8.80. The predicted molar refractivity (Wildman–Crippen MR) is 60.1 cm³/mol. The van der Waals surface area contributed by atoms with Crippen LogP contribution in [0.2, 0.25) is 0 Å². The Morgan fingerprint density at radius 3 is 3.00 bits per heavy atom. The number of hydrogen-bond acceptors (Lipinski definition) is 2. The van der Waals surface area contributed by atoms with Gasteiger partial charge in [-0.3, -0.25) is 0 Å². The molecule has 1 aliphatic heterocycles. The molecular formula is C12H17FN2. The van der Waals surface area contributed by atoms with Gasteiger partial charge in [0, 0.05) is 5.69 Å². The SMILES string of the molecule is Nc1cc(F)ccc1CC1CCCNC1. The number of benzene rings is 1. The van der Waals surface area contributed by atoms with Crippen molar-refractivity contribution in [3.63, 3.8) is 0 Å². The van der Waals surface area contributed by atoms with Gasteiger partial charge in [0.15, 0.2) is 0 Å². The molecule has 1 aromatic rings. The summed E-state index contributed by atoms with van der Waals surface area (Å²) in [5.41, 5.74) is 7.44. The summed E-state index contributed by atoms with van der Waals surface area (Å²) in [4.78, 5) is 0. The highest BCUT2D eigenvalue weighted by atomic mass is 19.1. The smallest absolute Gasteiger partial charge is 0.125 e. The van der Waals surface area contributed by atoms with Crippen molar-refractivity contribution in [2.24, 2.45) is 5.92 Å². The molecule has 1 unspecified atom stereocenters. The Morgan fingerprint density at radius 1 is 1.47 bits per heavy atom. The Morgan fingerprint density at radius 2 is 2.33 bits per heavy atom. The van der Waals surface area contributed by atoms with E-state index in [1.54, 1.807) is 6.07 Å². The van der Waals surface area contributed by atoms with Crippen LogP contribution in [-0.4, -0.2) is 13.1 Å². The quantitative estimate of drug-likeness (QED) is 0.729. The van der Waals surface area contributed by atoms with Gasteiger partial charge in [-0.05, 0) is 56.0 Å². The Kier molecular flexibility index (Phi) is 3.21. The number of hydrogen-bond donors (Lipinski definition) is 2. The fourth-order valence-electron chi connectivity index (χ4n) is 2.16. The molecule has 2 rings (SSSR count). The Balaban J connectivity index is 2.03. The van der Waals surface area contributed by atoms with Crippen LogP contribution in [0.4, 0.5) is 10.1 Å². The van der Waals surface area contributed by atoms with Gasteiger partial charge in [0.05, 0.1) is 0 Å². The minimum atomic E-state index is -0.252. The first-order valence-electron chi connectivity index (χ1n) is 5.50. The van der Waals surface area contributed by atoms with E-state index in [-0.39, 0.29) is 5.82 Å². The van der Waals surface area contributed by atoms with Crippen molar-refractivity contribution in [3.8, 4) is 0 Å². The van der Waals surface area contributed by atoms with Crippen LogP contribution in [-0.2, 0) is 6.42 Å². The van der Waals surface area contributed by atoms with Gasteiger partial charge in [-0.2, -0.15) is 0 Å². The summed E-state index contributed by atoms with van der Waals surface area (Å²) in [6.45, 7) is 2.17. The average molecular weight is 208 g/mol. The van der Waals surface area contributed by atoms with Crippen molar-refractivity contribution in [1.82, 2.24) is 5.32 Å². The average Bonchev–Trinajstić information content (AvgIpc) is 2.24. The standard InChI is InChI=1S/C12H17FN2/c13-11-4-3-10(12(14)7-11)6-9-2-1-5-15-8-9/h3-4,7,9,15H,1-2,5-6,8,14H2. The summed E-state index contributed by atoms with van der Waals surface area (Å²) in [6, 6.07) is 4.70. The van der Waals surface area contributed by atoms with E-state index in [0.29, 0.717) is 11.6 Å². The van der Waals surface area contributed by atoms with E-state index >= 15 is 0 Å². The summed E-state index contributed by atoms with van der Waals surface area (Å²) < 4.78 is 12.8. The number of halogens is 1. The van der Waals surface area contributed by atoms with E-state index in [0.717, 1.165) is 25.1 Å². The molecule has 0 saturated carbocycles. The van der Waals surface area contributed by atoms with E-state index in [9.17, 15) is 4.39 Å². The molecule has 3 N–H and O–H groups in total. The summed E-state index contributed by atoms with van der Waals surface area (Å²) in [7, 11) is 0. The lowest BCUT2D eigenvalue weighted by atomic mass is 9.92. The normalized spacial score (nSPS) is 21.5. The third-order valence-corrected chi connectivity index (χ3v) is 3.02. The summed E-state index contributed by atoms with van der Waals surface area (Å²) >= 11 is 0. The summed E-state index contributed by atoms with van der Waals surface area (Å²) in [6.07, 6.45) is 3.43. The van der Waals surface area contributed by atoms with Crippen LogP contribution in [0.25, 0.3) is 0 Å². The van der Waals surface area contributed by atoms with Crippen LogP contribution < -0.4 is 11.1 Å². The van der Waals surface area contributed by atoms with Gasteiger partial charge in [-0.15, -0.1) is 0 Å². The van der Waals surface area contributed by atoms with Gasteiger partial charge in [-0.25, -0.2) is 4.39 Å². The molecule has 3 heteroatoms. The fraction of sp³-hybridized carbons (Fsp3) is 0.500. The van der Waals surface area contributed by atoms with Gasteiger partial charge in [0.25, 0.3) is 0 Å². The largest absolute Gasteiger partial charge is 0.398 e. The Labute approximate surface area is 89.7 Å². The number of anilines is 1. The zero-order chi connectivity index (χ0) is 10.7. The van der Waals surface area contributed by atoms with E-state index < -0.39 is 0 Å². The third-order valence-electron chi connectivity index (χ3n) is 3.02. The maximum Gasteiger partial charge on any atom is 0.125 e. The zero-order valence-corrected chi connectivity index (χ0v) is 8.80. The van der Waals surface area contributed by atoms with Gasteiger partial charge in [0.1, 0.15) is 5.82 Å². The maximum atomic E-state index is 12.8. The second-order valence-corrected chi connectivity index (χ2v) is 4.26. The van der Waals surface area contributed by atoms with Crippen molar-refractivity contribution in [3.05, 3.63) is 29.6 Å². The topological polar surface area (TPSA) is 38.0 Å². The van der Waals surface area contributed by atoms with Crippen LogP contribution in [0.5, 0.6) is 0 Å². The lowest BCUT2D eigenvalue weighted by Crippen LogP contribution is -2.31. The molecule has 1 aliphatic rings. The second kappa shape index (κ2) is 4.62. The van der Waals surface area contributed by atoms with E-state index in [2.05, 4.69) is 5.32 Å². The highest BCUT2D eigenvalue weighted by molar-refractivity contribution is 5.47. The van der Waals surface area contributed by atoms with Crippen molar-refractivity contribution in [2.75, 3.05) is 18.8 Å². The van der Waals surface area contributed by atoms with Crippen LogP contribution in [0.3, 0.4) is 0 Å². The van der Waals surface area contributed by atoms with Crippen LogP contribution in [0, 0.1) is 11.7 Å². The number of nitrogens with one attached hydrogen (secondary N) is 1. The predicted octanol–water partition coefficient (Wildman–Crippen LogP) is 1.95. The molecule has 1 heterocycles. The first-order chi connectivity index (χ1) is 7.25. The third kappa shape index (κ3) is 2.69. The fourth-order valence-corrected chi connectivity index (χ4v) is 2.16. The lowest BCUT2D eigenvalue weighted by molar-refractivity contribution is 0.376. The Hall–Kier alpha value is -1.09. The number of piperidine rings is 1. The second-order valence-electron chi connectivity index (χ2n) is 4.26. The highest BCUT2D eigenvalue weighted by Gasteiger charge is 2.14. The number of nitrogen functional groups attached to an aromatic ring is 1. The first kappa shape index (κ1) is 10.4. The summed E-state index contributed by atoms with van der Waals surface area (Å²) in [5, 5.41) is 3.37. The monoisotopic (exact) mass is 208 g/mol. The molecule has 0 amide bonds. The van der Waals surface area contributed by atoms with Crippen molar-refractivity contribution < 1.29 is 4.39 Å². The van der Waals surface area contributed by atoms with E-state index in [1.807, 2.05) is 0 Å². The lowest BCUT2D eigenvalue weighted by Gasteiger charge is -2.23. The molecule has 0 bridgehead atoms. The molecule has 0 spiro atoms. The van der Waals surface area contributed by atoms with Gasteiger partial charge >= 0.3 is 0 Å². The molecule has 1 fully saturated rings. The van der Waals surface area contributed by atoms with Crippen molar-refractivity contribution >= 4 is 5.69 Å². The van der Waals surface area contributed by atoms with Crippen molar-refractivity contribution in [2.45, 2.75) is 19.3 Å². The van der Waals surface area contributed by atoms with Crippen LogP contribution in [0.15, 0.2) is 18.2 Å². The first-order valence-corrected chi connectivity index (χ1v) is 5.50. The molecule has 0 aliphatic carbocycles. The van der Waals surface area contributed by atoms with Gasteiger partial charge in [0.2, 0.25) is 0 Å². The van der Waals surface area contributed by atoms with Gasteiger partial charge in [-0.1, -0.05) is 6.07 Å². The summed E-state index contributed by atoms with van der Waals surface area (Å²) in [5.74, 6) is 0.393. The minimum absolute atomic E-state index is 0.252. The van der Waals surface area contributed by atoms with Crippen molar-refractivity contribution in [1.29, 1.82) is 0 Å². The molecule has 1 saturated heterocycles. The molecule has 82 valence electrons. The molecule has 1 aromatic carbocycles. The number of rotatable bonds is 2. The minimum Gasteiger partial charge on any atom is -0.398 e.